The number of nitrogens with zero attached hydrogens (tertiary/aromatic N) is 4. The molecular formula is C60H99N11O14S. The molecule has 86 heavy (non-hydrogen) atoms. The molecule has 2 aromatic heterocycles. The van der Waals surface area contributed by atoms with Gasteiger partial charge in [-0.15, -0.1) is 11.3 Å². The monoisotopic (exact) mass is 1230 g/mol. The van der Waals surface area contributed by atoms with Crippen molar-refractivity contribution in [2.24, 2.45) is 17.8 Å². The molecule has 0 saturated carbocycles. The number of carbonyl (C=O) groups is 10. The molecule has 0 bridgehead atoms. The molecule has 0 aromatic carbocycles. The number of carboxylic acid groups (broad SMARTS) is 1. The van der Waals surface area contributed by atoms with Gasteiger partial charge in [-0.3, -0.25) is 57.8 Å². The summed E-state index contributed by atoms with van der Waals surface area (Å²) in [6.45, 7) is 19.2. The molecule has 25 nitrogen and oxygen atoms in total. The summed E-state index contributed by atoms with van der Waals surface area (Å²) in [7, 11) is 4.75. The van der Waals surface area contributed by atoms with Crippen molar-refractivity contribution >= 4 is 70.5 Å². The highest BCUT2D eigenvalue weighted by molar-refractivity contribution is 7.09. The Morgan fingerprint density at radius 3 is 2.12 bits per heavy atom. The fourth-order valence-corrected chi connectivity index (χ4v) is 9.94. The molecule has 0 radical (unpaired) electrons. The first-order chi connectivity index (χ1) is 40.7. The van der Waals surface area contributed by atoms with Crippen molar-refractivity contribution in [1.82, 2.24) is 57.0 Å². The first-order valence-corrected chi connectivity index (χ1v) is 30.9. The number of nitrogens with one attached hydrogen (secondary N) is 7. The number of rotatable bonds is 43. The first kappa shape index (κ1) is 75.5. The van der Waals surface area contributed by atoms with Crippen LogP contribution in [0.1, 0.15) is 167 Å². The van der Waals surface area contributed by atoms with E-state index >= 15 is 4.79 Å². The molecule has 8 amide bonds. The molecule has 0 fully saturated rings. The third kappa shape index (κ3) is 27.4. The number of thiazole rings is 1. The van der Waals surface area contributed by atoms with Crippen LogP contribution in [-0.2, 0) is 63.8 Å². The Kier molecular flexibility index (Phi) is 35.0. The van der Waals surface area contributed by atoms with Crippen LogP contribution in [0.3, 0.4) is 0 Å². The van der Waals surface area contributed by atoms with Gasteiger partial charge < -0.3 is 61.4 Å². The van der Waals surface area contributed by atoms with Crippen molar-refractivity contribution in [3.05, 3.63) is 46.2 Å². The molecule has 2 aromatic rings. The van der Waals surface area contributed by atoms with E-state index in [1.165, 1.54) is 20.9 Å². The maximum Gasteiger partial charge on any atom is 0.306 e. The number of esters is 1. The van der Waals surface area contributed by atoms with E-state index in [0.717, 1.165) is 11.3 Å². The number of hydrogen-bond acceptors (Lipinski definition) is 17. The lowest BCUT2D eigenvalue weighted by atomic mass is 9.91. The largest absolute Gasteiger partial charge is 0.481 e. The number of ether oxygens (including phenoxy) is 3. The summed E-state index contributed by atoms with van der Waals surface area (Å²) in [4.78, 5) is 145. The van der Waals surface area contributed by atoms with Crippen LogP contribution in [0.25, 0.3) is 0 Å². The molecule has 8 atom stereocenters. The Balaban J connectivity index is 2.29. The van der Waals surface area contributed by atoms with E-state index in [0.29, 0.717) is 69.1 Å². The van der Waals surface area contributed by atoms with Crippen LogP contribution >= 0.6 is 11.3 Å². The third-order valence-corrected chi connectivity index (χ3v) is 15.9. The molecule has 2 heterocycles. The zero-order chi connectivity index (χ0) is 64.5. The average Bonchev–Trinajstić information content (AvgIpc) is 2.31. The number of hydrogen-bond donors (Lipinski definition) is 8. The highest BCUT2D eigenvalue weighted by Gasteiger charge is 2.41. The van der Waals surface area contributed by atoms with Crippen molar-refractivity contribution < 1.29 is 67.3 Å². The van der Waals surface area contributed by atoms with Crippen LogP contribution in [0.5, 0.6) is 0 Å². The van der Waals surface area contributed by atoms with Crippen LogP contribution < -0.4 is 37.2 Å². The fraction of sp³-hybridized carbons (Fsp3) is 0.700. The molecule has 0 aliphatic carbocycles. The lowest BCUT2D eigenvalue weighted by Gasteiger charge is -2.41. The number of aliphatic carboxylic acids is 1. The van der Waals surface area contributed by atoms with E-state index in [1.54, 1.807) is 74.5 Å². The number of carbonyl (C=O) groups excluding carboxylic acids is 9. The number of pyridine rings is 1. The molecule has 26 heteroatoms. The molecule has 2 rings (SSSR count). The summed E-state index contributed by atoms with van der Waals surface area (Å²) < 4.78 is 16.2. The Labute approximate surface area is 512 Å². The number of unbranched alkanes of at least 4 members (excludes halogenated alkanes) is 1. The lowest BCUT2D eigenvalue weighted by Crippen LogP contribution is -2.61. The quantitative estimate of drug-likeness (QED) is 0.0345. The second-order valence-corrected chi connectivity index (χ2v) is 23.5. The Bertz CT molecular complexity index is 2460. The molecule has 0 aliphatic rings. The van der Waals surface area contributed by atoms with Gasteiger partial charge in [-0.2, -0.15) is 0 Å². The van der Waals surface area contributed by atoms with Crippen molar-refractivity contribution in [2.75, 3.05) is 67.2 Å². The molecule has 0 spiro atoms. The molecule has 4 unspecified atom stereocenters. The maximum atomic E-state index is 15.1. The molecule has 484 valence electrons. The van der Waals surface area contributed by atoms with Gasteiger partial charge >= 0.3 is 11.9 Å². The topological polar surface area (TPSA) is 335 Å². The van der Waals surface area contributed by atoms with Gasteiger partial charge in [-0.05, 0) is 90.3 Å². The highest BCUT2D eigenvalue weighted by atomic mass is 32.1. The van der Waals surface area contributed by atoms with Gasteiger partial charge in [0.15, 0.2) is 6.10 Å². The normalized spacial score (nSPS) is 14.3. The molecule has 0 aliphatic heterocycles. The number of amides is 8. The number of methoxy groups -OCH3 is 1. The first-order valence-electron chi connectivity index (χ1n) is 30.0. The van der Waals surface area contributed by atoms with Gasteiger partial charge in [-0.1, -0.05) is 54.0 Å². The Morgan fingerprint density at radius 2 is 1.50 bits per heavy atom. The third-order valence-electron chi connectivity index (χ3n) is 14.9. The van der Waals surface area contributed by atoms with Gasteiger partial charge in [0.2, 0.25) is 41.4 Å². The summed E-state index contributed by atoms with van der Waals surface area (Å²) in [6, 6.07) is 1.19. The smallest absolute Gasteiger partial charge is 0.306 e. The van der Waals surface area contributed by atoms with Crippen molar-refractivity contribution in [3.8, 4) is 0 Å². The fourth-order valence-electron chi connectivity index (χ4n) is 9.10. The van der Waals surface area contributed by atoms with Gasteiger partial charge in [0.25, 0.3) is 5.91 Å². The summed E-state index contributed by atoms with van der Waals surface area (Å²) in [5.41, 5.74) is -0.564. The summed E-state index contributed by atoms with van der Waals surface area (Å²) in [6.07, 6.45) is 3.95. The van der Waals surface area contributed by atoms with Crippen LogP contribution in [0.4, 0.5) is 0 Å². The minimum Gasteiger partial charge on any atom is -0.481 e. The van der Waals surface area contributed by atoms with Crippen LogP contribution in [0, 0.1) is 17.8 Å². The maximum absolute atomic E-state index is 15.1. The van der Waals surface area contributed by atoms with Gasteiger partial charge in [0.05, 0.1) is 31.3 Å². The second kappa shape index (κ2) is 39.9. The van der Waals surface area contributed by atoms with Crippen LogP contribution in [-0.4, -0.2) is 187 Å². The van der Waals surface area contributed by atoms with Crippen molar-refractivity contribution in [3.63, 3.8) is 0 Å². The standard InChI is InChI=1S/C60H99N11O14S/c1-14-29-71(47(38(3)4)36-48(85-42(8)72)56-68-46(37-86-56)55(78)66-44(34-40(6)58(80)81)35-43-21-16-18-26-62-43)57(79)52(39(5)15-2)69-59(82)60(9,10)70(12)30-24-51(75)67-45(22-17-19-27-63-50(74)25-31-84-33-32-83-13)54(77)65-41(7)53(76)64-28-20-23-49(73)61-11/h16,18,21,26,37-41,44-45,47-48,52H,14-15,17,19-20,22-25,27-36H2,1-13H3,(H,61,73)(H,63,74)(H,64,76)(H,65,77)(H,66,78)(H,67,75)(H,69,82)(H,80,81)/t39?,40?,41?,44-,45?,47-,48-,52+/m1/s1. The summed E-state index contributed by atoms with van der Waals surface area (Å²) >= 11 is 1.12. The van der Waals surface area contributed by atoms with Gasteiger partial charge in [-0.25, -0.2) is 4.98 Å². The van der Waals surface area contributed by atoms with E-state index in [4.69, 9.17) is 14.2 Å². The van der Waals surface area contributed by atoms with Gasteiger partial charge in [0, 0.05) is 109 Å². The van der Waals surface area contributed by atoms with Crippen molar-refractivity contribution in [1.29, 1.82) is 0 Å². The minimum atomic E-state index is -1.28. The van der Waals surface area contributed by atoms with Gasteiger partial charge in [0.1, 0.15) is 28.8 Å². The van der Waals surface area contributed by atoms with E-state index in [1.807, 2.05) is 34.6 Å². The molecule has 8 N–H and O–H groups in total. The van der Waals surface area contributed by atoms with Crippen LogP contribution in [0.15, 0.2) is 29.8 Å². The predicted molar refractivity (Wildman–Crippen MR) is 325 cm³/mol. The number of aromatic nitrogens is 2. The Hall–Kier alpha value is -6.64. The zero-order valence-electron chi connectivity index (χ0n) is 53.0. The SMILES string of the molecule is CCCN(C(=O)[C@@H](NC(=O)C(C)(C)N(C)CCC(=O)NC(CCCCNC(=O)CCOCCOC)C(=O)NC(C)C(=O)NCCCC(=O)NC)C(C)CC)[C@H](C[C@@H](OC(C)=O)c1nc(C(=O)N[C@@H](Cc2ccccn2)CC(C)C(=O)O)cs1)C(C)C. The van der Waals surface area contributed by atoms with E-state index in [2.05, 4.69) is 47.2 Å². The average molecular weight is 1230 g/mol. The second-order valence-electron chi connectivity index (χ2n) is 22.6. The molecular weight excluding hydrogens is 1130 g/mol. The predicted octanol–water partition coefficient (Wildman–Crippen LogP) is 3.85. The summed E-state index contributed by atoms with van der Waals surface area (Å²) in [5, 5.41) is 31.1. The highest BCUT2D eigenvalue weighted by Crippen LogP contribution is 2.32. The number of carboxylic acids is 1. The minimum absolute atomic E-state index is 0.0442. The molecule has 0 saturated heterocycles. The van der Waals surface area contributed by atoms with E-state index in [-0.39, 0.29) is 99.9 Å². The summed E-state index contributed by atoms with van der Waals surface area (Å²) in [5.74, 6) is -6.22. The number of likely N-dealkylation sites (N-methyl/N-ethyl adjacent to an activating group) is 1. The van der Waals surface area contributed by atoms with E-state index in [9.17, 15) is 48.3 Å². The van der Waals surface area contributed by atoms with Crippen molar-refractivity contribution in [2.45, 2.75) is 188 Å². The van der Waals surface area contributed by atoms with E-state index < -0.39 is 89.2 Å². The lowest BCUT2D eigenvalue weighted by molar-refractivity contribution is -0.150. The zero-order valence-corrected chi connectivity index (χ0v) is 53.8. The Morgan fingerprint density at radius 1 is 0.791 bits per heavy atom. The van der Waals surface area contributed by atoms with Crippen LogP contribution in [0.2, 0.25) is 0 Å².